The van der Waals surface area contributed by atoms with Gasteiger partial charge in [-0.25, -0.2) is 0 Å². The van der Waals surface area contributed by atoms with E-state index in [4.69, 9.17) is 4.74 Å². The quantitative estimate of drug-likeness (QED) is 0.899. The largest absolute Gasteiger partial charge is 0.381 e. The number of fused-ring (bicyclic) bond motifs is 1. The van der Waals surface area contributed by atoms with Gasteiger partial charge in [0.15, 0.2) is 0 Å². The summed E-state index contributed by atoms with van der Waals surface area (Å²) in [5.41, 5.74) is 1.43. The van der Waals surface area contributed by atoms with Crippen molar-refractivity contribution in [2.75, 3.05) is 20.3 Å². The first kappa shape index (κ1) is 11.2. The van der Waals surface area contributed by atoms with Crippen molar-refractivity contribution in [3.8, 4) is 0 Å². The van der Waals surface area contributed by atoms with Gasteiger partial charge in [0.1, 0.15) is 0 Å². The Labute approximate surface area is 106 Å². The summed E-state index contributed by atoms with van der Waals surface area (Å²) in [5.74, 6) is 0.604. The zero-order valence-electron chi connectivity index (χ0n) is 9.98. The second kappa shape index (κ2) is 4.77. The molecule has 0 spiro atoms. The predicted molar refractivity (Wildman–Crippen MR) is 72.6 cm³/mol. The fourth-order valence-corrected chi connectivity index (χ4v) is 3.68. The topological polar surface area (TPSA) is 21.3 Å². The average molecular weight is 247 g/mol. The van der Waals surface area contributed by atoms with Crippen LogP contribution in [-0.4, -0.2) is 20.3 Å². The Morgan fingerprint density at radius 3 is 3.12 bits per heavy atom. The molecule has 3 rings (SSSR count). The highest BCUT2D eigenvalue weighted by Gasteiger charge is 2.27. The van der Waals surface area contributed by atoms with E-state index >= 15 is 0 Å². The number of thiophene rings is 1. The lowest BCUT2D eigenvalue weighted by atomic mass is 9.92. The molecule has 1 N–H and O–H groups in total. The molecule has 1 aromatic heterocycles. The van der Waals surface area contributed by atoms with Crippen molar-refractivity contribution in [3.05, 3.63) is 35.2 Å². The van der Waals surface area contributed by atoms with E-state index in [9.17, 15) is 0 Å². The van der Waals surface area contributed by atoms with Crippen LogP contribution in [0.5, 0.6) is 0 Å². The van der Waals surface area contributed by atoms with Crippen LogP contribution < -0.4 is 5.32 Å². The van der Waals surface area contributed by atoms with E-state index < -0.39 is 0 Å². The van der Waals surface area contributed by atoms with Crippen LogP contribution in [0, 0.1) is 5.92 Å². The lowest BCUT2D eigenvalue weighted by Gasteiger charge is -2.22. The first-order valence-corrected chi connectivity index (χ1v) is 6.99. The van der Waals surface area contributed by atoms with Crippen molar-refractivity contribution in [1.29, 1.82) is 0 Å². The molecule has 90 valence electrons. The standard InChI is InChI=1S/C14H17NOS/c1-15-13(11-5-7-16-9-11)12-4-2-3-10-6-8-17-14(10)12/h2-4,6,8,11,13,15H,5,7,9H2,1H3. The van der Waals surface area contributed by atoms with E-state index in [2.05, 4.69) is 42.0 Å². The van der Waals surface area contributed by atoms with Crippen LogP contribution in [0.2, 0.25) is 0 Å². The molecule has 2 aromatic rings. The third-order valence-corrected chi connectivity index (χ3v) is 4.57. The van der Waals surface area contributed by atoms with Gasteiger partial charge in [-0.2, -0.15) is 0 Å². The van der Waals surface area contributed by atoms with Gasteiger partial charge in [-0.15, -0.1) is 11.3 Å². The Morgan fingerprint density at radius 1 is 1.41 bits per heavy atom. The first-order chi connectivity index (χ1) is 8.40. The molecule has 1 aliphatic rings. The molecule has 0 radical (unpaired) electrons. The highest BCUT2D eigenvalue weighted by atomic mass is 32.1. The van der Waals surface area contributed by atoms with E-state index in [1.165, 1.54) is 15.6 Å². The lowest BCUT2D eigenvalue weighted by molar-refractivity contribution is 0.178. The Hall–Kier alpha value is -0.900. The minimum Gasteiger partial charge on any atom is -0.381 e. The molecule has 2 atom stereocenters. The number of ether oxygens (including phenoxy) is 1. The Morgan fingerprint density at radius 2 is 2.35 bits per heavy atom. The van der Waals surface area contributed by atoms with E-state index in [-0.39, 0.29) is 0 Å². The zero-order chi connectivity index (χ0) is 11.7. The first-order valence-electron chi connectivity index (χ1n) is 6.11. The maximum atomic E-state index is 5.52. The van der Waals surface area contributed by atoms with Gasteiger partial charge >= 0.3 is 0 Å². The molecule has 1 aromatic carbocycles. The van der Waals surface area contributed by atoms with Crippen molar-refractivity contribution >= 4 is 21.4 Å². The van der Waals surface area contributed by atoms with Gasteiger partial charge in [-0.3, -0.25) is 0 Å². The van der Waals surface area contributed by atoms with Crippen LogP contribution in [-0.2, 0) is 4.74 Å². The number of hydrogen-bond acceptors (Lipinski definition) is 3. The van der Waals surface area contributed by atoms with Gasteiger partial charge in [0, 0.05) is 23.3 Å². The Kier molecular flexibility index (Phi) is 3.14. The van der Waals surface area contributed by atoms with Crippen molar-refractivity contribution in [2.45, 2.75) is 12.5 Å². The van der Waals surface area contributed by atoms with E-state index in [1.54, 1.807) is 0 Å². The minimum atomic E-state index is 0.417. The second-order valence-corrected chi connectivity index (χ2v) is 5.49. The summed E-state index contributed by atoms with van der Waals surface area (Å²) in [6.07, 6.45) is 1.16. The Balaban J connectivity index is 2.02. The summed E-state index contributed by atoms with van der Waals surface area (Å²) < 4.78 is 6.93. The maximum Gasteiger partial charge on any atom is 0.0513 e. The number of hydrogen-bond donors (Lipinski definition) is 1. The highest BCUT2D eigenvalue weighted by Crippen LogP contribution is 2.35. The molecule has 0 bridgehead atoms. The van der Waals surface area contributed by atoms with Crippen LogP contribution in [0.15, 0.2) is 29.6 Å². The summed E-state index contributed by atoms with van der Waals surface area (Å²) in [6.45, 7) is 1.79. The van der Waals surface area contributed by atoms with Gasteiger partial charge < -0.3 is 10.1 Å². The normalized spacial score (nSPS) is 22.1. The van der Waals surface area contributed by atoms with Crippen molar-refractivity contribution in [3.63, 3.8) is 0 Å². The highest BCUT2D eigenvalue weighted by molar-refractivity contribution is 7.17. The summed E-state index contributed by atoms with van der Waals surface area (Å²) >= 11 is 1.84. The number of nitrogens with one attached hydrogen (secondary N) is 1. The molecule has 2 nitrogen and oxygen atoms in total. The molecule has 17 heavy (non-hydrogen) atoms. The van der Waals surface area contributed by atoms with E-state index in [1.807, 2.05) is 11.3 Å². The third kappa shape index (κ3) is 1.99. The molecular formula is C14H17NOS. The maximum absolute atomic E-state index is 5.52. The van der Waals surface area contributed by atoms with Gasteiger partial charge in [0.25, 0.3) is 0 Å². The molecule has 1 aliphatic heterocycles. The molecular weight excluding hydrogens is 230 g/mol. The smallest absolute Gasteiger partial charge is 0.0513 e. The van der Waals surface area contributed by atoms with Crippen molar-refractivity contribution in [2.24, 2.45) is 5.92 Å². The van der Waals surface area contributed by atoms with Crippen LogP contribution in [0.25, 0.3) is 10.1 Å². The lowest BCUT2D eigenvalue weighted by Crippen LogP contribution is -2.25. The summed E-state index contributed by atoms with van der Waals surface area (Å²) in [5, 5.41) is 6.99. The fourth-order valence-electron chi connectivity index (χ4n) is 2.72. The minimum absolute atomic E-state index is 0.417. The zero-order valence-corrected chi connectivity index (χ0v) is 10.8. The van der Waals surface area contributed by atoms with Gasteiger partial charge in [0.2, 0.25) is 0 Å². The molecule has 3 heteroatoms. The van der Waals surface area contributed by atoms with Crippen LogP contribution in [0.1, 0.15) is 18.0 Å². The molecule has 1 saturated heterocycles. The van der Waals surface area contributed by atoms with Crippen LogP contribution >= 0.6 is 11.3 Å². The monoisotopic (exact) mass is 247 g/mol. The molecule has 0 amide bonds. The molecule has 2 unspecified atom stereocenters. The molecule has 2 heterocycles. The molecule has 1 fully saturated rings. The van der Waals surface area contributed by atoms with Crippen LogP contribution in [0.4, 0.5) is 0 Å². The van der Waals surface area contributed by atoms with E-state index in [0.717, 1.165) is 19.6 Å². The van der Waals surface area contributed by atoms with Crippen LogP contribution in [0.3, 0.4) is 0 Å². The summed E-state index contributed by atoms with van der Waals surface area (Å²) in [4.78, 5) is 0. The number of benzene rings is 1. The number of rotatable bonds is 3. The third-order valence-electron chi connectivity index (χ3n) is 3.59. The van der Waals surface area contributed by atoms with Crippen molar-refractivity contribution in [1.82, 2.24) is 5.32 Å². The average Bonchev–Trinajstić information content (AvgIpc) is 3.00. The van der Waals surface area contributed by atoms with Gasteiger partial charge in [0.05, 0.1) is 6.61 Å². The molecule has 0 aliphatic carbocycles. The summed E-state index contributed by atoms with van der Waals surface area (Å²) in [6, 6.07) is 9.21. The summed E-state index contributed by atoms with van der Waals surface area (Å²) in [7, 11) is 2.05. The van der Waals surface area contributed by atoms with E-state index in [0.29, 0.717) is 12.0 Å². The Bertz CT molecular complexity index is 502. The van der Waals surface area contributed by atoms with Crippen molar-refractivity contribution < 1.29 is 4.74 Å². The fraction of sp³-hybridized carbons (Fsp3) is 0.429. The van der Waals surface area contributed by atoms with Gasteiger partial charge in [-0.05, 0) is 35.9 Å². The second-order valence-electron chi connectivity index (χ2n) is 4.58. The SMILES string of the molecule is CNC(c1cccc2ccsc12)C1CCOC1. The van der Waals surface area contributed by atoms with Gasteiger partial charge in [-0.1, -0.05) is 18.2 Å². The molecule has 0 saturated carbocycles. The predicted octanol–water partition coefficient (Wildman–Crippen LogP) is 3.20.